The number of Topliss-reactive ketones (excluding diaryl/α,β-unsaturated/α-hetero) is 1. The van der Waals surface area contributed by atoms with Gasteiger partial charge in [-0.05, 0) is 26.7 Å². The number of rotatable bonds is 17. The molecule has 0 aliphatic heterocycles. The molecule has 1 unspecified atom stereocenters. The van der Waals surface area contributed by atoms with E-state index in [4.69, 9.17) is 13.6 Å². The van der Waals surface area contributed by atoms with E-state index < -0.39 is 13.9 Å². The Morgan fingerprint density at radius 1 is 0.833 bits per heavy atom. The van der Waals surface area contributed by atoms with Gasteiger partial charge in [0.2, 0.25) is 0 Å². The van der Waals surface area contributed by atoms with E-state index in [1.54, 1.807) is 13.8 Å². The number of carbonyl (C=O) groups excluding carboxylic acids is 1. The normalized spacial score (nSPS) is 13.2. The highest BCUT2D eigenvalue weighted by atomic mass is 31.2. The summed E-state index contributed by atoms with van der Waals surface area (Å²) in [4.78, 5) is 12.5. The molecule has 0 saturated heterocycles. The summed E-state index contributed by atoms with van der Waals surface area (Å²) in [5.41, 5.74) is 0. The van der Waals surface area contributed by atoms with Crippen molar-refractivity contribution in [2.45, 2.75) is 98.0 Å². The Morgan fingerprint density at radius 2 is 1.38 bits per heavy atom. The van der Waals surface area contributed by atoms with E-state index in [0.717, 1.165) is 51.4 Å². The number of ketones is 1. The van der Waals surface area contributed by atoms with Gasteiger partial charge in [0.15, 0.2) is 5.78 Å². The molecule has 24 heavy (non-hydrogen) atoms. The number of phosphoric acid groups is 1. The first-order chi connectivity index (χ1) is 11.5. The van der Waals surface area contributed by atoms with Gasteiger partial charge in [0.05, 0.1) is 13.2 Å². The summed E-state index contributed by atoms with van der Waals surface area (Å²) in [6.45, 7) is 8.21. The minimum absolute atomic E-state index is 0.0160. The summed E-state index contributed by atoms with van der Waals surface area (Å²) < 4.78 is 28.5. The standard InChI is InChI=1S/C18H37O5P/c1-5-9-11-13-15-17(19)18(16-14-12-10-6-2)23-24(20,21-7-3)22-8-4/h18H,5-16H2,1-4H3. The fourth-order valence-electron chi connectivity index (χ4n) is 2.49. The lowest BCUT2D eigenvalue weighted by molar-refractivity contribution is -0.127. The van der Waals surface area contributed by atoms with Crippen LogP contribution < -0.4 is 0 Å². The van der Waals surface area contributed by atoms with Crippen molar-refractivity contribution < 1.29 is 22.9 Å². The fourth-order valence-corrected chi connectivity index (χ4v) is 3.85. The van der Waals surface area contributed by atoms with E-state index >= 15 is 0 Å². The van der Waals surface area contributed by atoms with Gasteiger partial charge in [-0.1, -0.05) is 58.8 Å². The highest BCUT2D eigenvalue weighted by molar-refractivity contribution is 7.48. The molecule has 0 bridgehead atoms. The second kappa shape index (κ2) is 15.1. The maximum absolute atomic E-state index is 12.6. The molecule has 0 aliphatic rings. The lowest BCUT2D eigenvalue weighted by Crippen LogP contribution is -2.24. The van der Waals surface area contributed by atoms with Crippen molar-refractivity contribution in [3.63, 3.8) is 0 Å². The van der Waals surface area contributed by atoms with Gasteiger partial charge in [-0.25, -0.2) is 4.57 Å². The highest BCUT2D eigenvalue weighted by Crippen LogP contribution is 2.51. The van der Waals surface area contributed by atoms with Crippen molar-refractivity contribution in [3.05, 3.63) is 0 Å². The monoisotopic (exact) mass is 364 g/mol. The Morgan fingerprint density at radius 3 is 1.88 bits per heavy atom. The van der Waals surface area contributed by atoms with E-state index in [9.17, 15) is 9.36 Å². The number of phosphoric ester groups is 1. The molecule has 0 aliphatic carbocycles. The molecule has 5 nitrogen and oxygen atoms in total. The SMILES string of the molecule is CCCCCCC(=O)C(CCCCCC)OP(=O)(OCC)OCC. The third-order valence-corrected chi connectivity index (χ3v) is 5.45. The van der Waals surface area contributed by atoms with Gasteiger partial charge in [0, 0.05) is 6.42 Å². The molecule has 0 fully saturated rings. The Hall–Kier alpha value is -0.220. The minimum Gasteiger partial charge on any atom is -0.297 e. The van der Waals surface area contributed by atoms with Gasteiger partial charge >= 0.3 is 7.82 Å². The van der Waals surface area contributed by atoms with Gasteiger partial charge < -0.3 is 0 Å². The molecular formula is C18H37O5P. The topological polar surface area (TPSA) is 61.8 Å². The van der Waals surface area contributed by atoms with Gasteiger partial charge in [0.1, 0.15) is 6.10 Å². The van der Waals surface area contributed by atoms with Crippen LogP contribution in [-0.4, -0.2) is 25.1 Å². The lowest BCUT2D eigenvalue weighted by Gasteiger charge is -2.22. The summed E-state index contributed by atoms with van der Waals surface area (Å²) in [7, 11) is -3.65. The van der Waals surface area contributed by atoms with Crippen molar-refractivity contribution in [2.24, 2.45) is 0 Å². The van der Waals surface area contributed by atoms with Crippen LogP contribution in [0.4, 0.5) is 0 Å². The van der Waals surface area contributed by atoms with Gasteiger partial charge in [0.25, 0.3) is 0 Å². The summed E-state index contributed by atoms with van der Waals surface area (Å²) in [5.74, 6) is 0.0160. The van der Waals surface area contributed by atoms with E-state index in [1.807, 2.05) is 0 Å². The molecule has 0 aromatic heterocycles. The van der Waals surface area contributed by atoms with Crippen molar-refractivity contribution >= 4 is 13.6 Å². The molecule has 0 aromatic rings. The third kappa shape index (κ3) is 11.4. The Bertz CT molecular complexity index is 349. The fraction of sp³-hybridized carbons (Fsp3) is 0.944. The molecule has 6 heteroatoms. The van der Waals surface area contributed by atoms with Gasteiger partial charge in [-0.15, -0.1) is 0 Å². The largest absolute Gasteiger partial charge is 0.475 e. The third-order valence-electron chi connectivity index (χ3n) is 3.79. The molecule has 144 valence electrons. The summed E-state index contributed by atoms with van der Waals surface area (Å²) in [5, 5.41) is 0. The molecule has 0 radical (unpaired) electrons. The Balaban J connectivity index is 4.69. The number of hydrogen-bond acceptors (Lipinski definition) is 5. The summed E-state index contributed by atoms with van der Waals surface area (Å²) in [6.07, 6.45) is 8.72. The number of carbonyl (C=O) groups is 1. The van der Waals surface area contributed by atoms with E-state index in [1.165, 1.54) is 0 Å². The maximum atomic E-state index is 12.6. The zero-order valence-electron chi connectivity index (χ0n) is 16.1. The smallest absolute Gasteiger partial charge is 0.297 e. The first-order valence-electron chi connectivity index (χ1n) is 9.63. The predicted molar refractivity (Wildman–Crippen MR) is 98.3 cm³/mol. The molecule has 0 heterocycles. The first kappa shape index (κ1) is 23.8. The van der Waals surface area contributed by atoms with Gasteiger partial charge in [-0.3, -0.25) is 18.4 Å². The molecule has 1 atom stereocenters. The average Bonchev–Trinajstić information content (AvgIpc) is 2.54. The van der Waals surface area contributed by atoms with Crippen LogP contribution in [0.1, 0.15) is 91.9 Å². The molecule has 0 rings (SSSR count). The van der Waals surface area contributed by atoms with Crippen LogP contribution in [0.3, 0.4) is 0 Å². The second-order valence-electron chi connectivity index (χ2n) is 6.00. The van der Waals surface area contributed by atoms with E-state index in [0.29, 0.717) is 12.8 Å². The van der Waals surface area contributed by atoms with Crippen LogP contribution in [0.2, 0.25) is 0 Å². The lowest BCUT2D eigenvalue weighted by atomic mass is 10.0. The Labute approximate surface area is 148 Å². The molecule has 0 amide bonds. The van der Waals surface area contributed by atoms with Crippen LogP contribution in [0.5, 0.6) is 0 Å². The zero-order valence-corrected chi connectivity index (χ0v) is 16.9. The van der Waals surface area contributed by atoms with Gasteiger partial charge in [-0.2, -0.15) is 0 Å². The van der Waals surface area contributed by atoms with Crippen molar-refractivity contribution in [1.82, 2.24) is 0 Å². The summed E-state index contributed by atoms with van der Waals surface area (Å²) >= 11 is 0. The molecule has 0 saturated carbocycles. The zero-order chi connectivity index (χ0) is 18.3. The molecular weight excluding hydrogens is 327 g/mol. The Kier molecular flexibility index (Phi) is 14.9. The van der Waals surface area contributed by atoms with Crippen molar-refractivity contribution in [1.29, 1.82) is 0 Å². The van der Waals surface area contributed by atoms with E-state index in [2.05, 4.69) is 13.8 Å². The molecule has 0 spiro atoms. The number of hydrogen-bond donors (Lipinski definition) is 0. The quantitative estimate of drug-likeness (QED) is 0.232. The van der Waals surface area contributed by atoms with Crippen molar-refractivity contribution in [2.75, 3.05) is 13.2 Å². The van der Waals surface area contributed by atoms with Crippen LogP contribution in [-0.2, 0) is 22.9 Å². The van der Waals surface area contributed by atoms with Crippen LogP contribution in [0.15, 0.2) is 0 Å². The molecule has 0 aromatic carbocycles. The van der Waals surface area contributed by atoms with Crippen molar-refractivity contribution in [3.8, 4) is 0 Å². The number of unbranched alkanes of at least 4 members (excludes halogenated alkanes) is 6. The maximum Gasteiger partial charge on any atom is 0.475 e. The summed E-state index contributed by atoms with van der Waals surface area (Å²) in [6, 6.07) is 0. The van der Waals surface area contributed by atoms with Crippen LogP contribution in [0.25, 0.3) is 0 Å². The molecule has 0 N–H and O–H groups in total. The minimum atomic E-state index is -3.65. The van der Waals surface area contributed by atoms with Crippen LogP contribution >= 0.6 is 7.82 Å². The van der Waals surface area contributed by atoms with Crippen LogP contribution in [0, 0.1) is 0 Å². The second-order valence-corrected chi connectivity index (χ2v) is 7.62. The highest BCUT2D eigenvalue weighted by Gasteiger charge is 2.32. The predicted octanol–water partition coefficient (Wildman–Crippen LogP) is 6.06. The first-order valence-corrected chi connectivity index (χ1v) is 11.1. The van der Waals surface area contributed by atoms with E-state index in [-0.39, 0.29) is 19.0 Å². The average molecular weight is 364 g/mol.